The van der Waals surface area contributed by atoms with Crippen LogP contribution in [0.2, 0.25) is 0 Å². The Hall–Kier alpha value is -0.870. The van der Waals surface area contributed by atoms with E-state index in [4.69, 9.17) is 0 Å². The highest BCUT2D eigenvalue weighted by Crippen LogP contribution is 2.10. The van der Waals surface area contributed by atoms with Crippen molar-refractivity contribution < 1.29 is 9.69 Å². The Balaban J connectivity index is 1.89. The van der Waals surface area contributed by atoms with Gasteiger partial charge in [-0.15, -0.1) is 11.3 Å². The molecule has 1 saturated heterocycles. The van der Waals surface area contributed by atoms with Gasteiger partial charge in [-0.05, 0) is 11.4 Å². The highest BCUT2D eigenvalue weighted by atomic mass is 32.1. The zero-order valence-electron chi connectivity index (χ0n) is 9.74. The van der Waals surface area contributed by atoms with Crippen molar-refractivity contribution in [3.8, 4) is 0 Å². The molecule has 1 aromatic rings. The Morgan fingerprint density at radius 3 is 3.12 bits per heavy atom. The number of rotatable bonds is 2. The lowest BCUT2D eigenvalue weighted by Gasteiger charge is -2.18. The minimum atomic E-state index is 0.289. The molecule has 1 amide bonds. The Morgan fingerprint density at radius 1 is 1.50 bits per heavy atom. The largest absolute Gasteiger partial charge is 0.337 e. The first-order valence-electron chi connectivity index (χ1n) is 5.87. The van der Waals surface area contributed by atoms with Crippen molar-refractivity contribution in [2.24, 2.45) is 0 Å². The Kier molecular flexibility index (Phi) is 3.96. The minimum Gasteiger partial charge on any atom is -0.337 e. The number of carbonyl (C=O) groups is 1. The van der Waals surface area contributed by atoms with E-state index in [1.54, 1.807) is 11.3 Å². The molecule has 2 heterocycles. The van der Waals surface area contributed by atoms with Crippen molar-refractivity contribution in [3.63, 3.8) is 0 Å². The highest BCUT2D eigenvalue weighted by Gasteiger charge is 2.19. The smallest absolute Gasteiger partial charge is 0.228 e. The van der Waals surface area contributed by atoms with E-state index in [-0.39, 0.29) is 5.91 Å². The van der Waals surface area contributed by atoms with Crippen LogP contribution in [-0.4, -0.2) is 44.0 Å². The maximum atomic E-state index is 12.0. The molecule has 1 fully saturated rings. The number of hydrogen-bond acceptors (Lipinski definition) is 2. The summed E-state index contributed by atoms with van der Waals surface area (Å²) >= 11 is 1.67. The summed E-state index contributed by atoms with van der Waals surface area (Å²) < 4.78 is 0. The fourth-order valence-electron chi connectivity index (χ4n) is 2.06. The van der Waals surface area contributed by atoms with Crippen LogP contribution in [0, 0.1) is 0 Å². The Bertz CT molecular complexity index is 337. The predicted molar refractivity (Wildman–Crippen MR) is 65.8 cm³/mol. The summed E-state index contributed by atoms with van der Waals surface area (Å²) in [5.41, 5.74) is 0. The lowest BCUT2D eigenvalue weighted by atomic mass is 10.3. The quantitative estimate of drug-likeness (QED) is 0.774. The minimum absolute atomic E-state index is 0.289. The Labute approximate surface area is 101 Å². The monoisotopic (exact) mass is 239 g/mol. The first-order chi connectivity index (χ1) is 7.75. The van der Waals surface area contributed by atoms with Crippen molar-refractivity contribution in [1.82, 2.24) is 4.90 Å². The van der Waals surface area contributed by atoms with Crippen LogP contribution >= 0.6 is 11.3 Å². The molecule has 3 nitrogen and oxygen atoms in total. The summed E-state index contributed by atoms with van der Waals surface area (Å²) in [5.74, 6) is 0.289. The third kappa shape index (κ3) is 3.06. The summed E-state index contributed by atoms with van der Waals surface area (Å²) in [4.78, 5) is 16.8. The van der Waals surface area contributed by atoms with Gasteiger partial charge in [0.15, 0.2) is 0 Å². The van der Waals surface area contributed by atoms with Gasteiger partial charge in [0.1, 0.15) is 0 Å². The molecule has 88 valence electrons. The molecule has 16 heavy (non-hydrogen) atoms. The summed E-state index contributed by atoms with van der Waals surface area (Å²) in [5, 5.41) is 2.03. The van der Waals surface area contributed by atoms with Gasteiger partial charge in [-0.3, -0.25) is 4.79 Å². The van der Waals surface area contributed by atoms with Crippen molar-refractivity contribution >= 4 is 17.2 Å². The van der Waals surface area contributed by atoms with Gasteiger partial charge in [-0.25, -0.2) is 0 Å². The van der Waals surface area contributed by atoms with Gasteiger partial charge in [-0.2, -0.15) is 0 Å². The third-order valence-electron chi connectivity index (χ3n) is 3.10. The fraction of sp³-hybridized carbons (Fsp3) is 0.583. The van der Waals surface area contributed by atoms with Crippen LogP contribution in [-0.2, 0) is 11.2 Å². The summed E-state index contributed by atoms with van der Waals surface area (Å²) in [6, 6.07) is 4.05. The van der Waals surface area contributed by atoms with Crippen LogP contribution in [0.4, 0.5) is 0 Å². The summed E-state index contributed by atoms with van der Waals surface area (Å²) in [7, 11) is 2.20. The molecule has 0 spiro atoms. The summed E-state index contributed by atoms with van der Waals surface area (Å²) in [6.07, 6.45) is 1.71. The lowest BCUT2D eigenvalue weighted by Crippen LogP contribution is -3.09. The van der Waals surface area contributed by atoms with E-state index in [0.29, 0.717) is 6.42 Å². The SMILES string of the molecule is C[NH+]1CCCN(C(=O)Cc2cccs2)CC1. The van der Waals surface area contributed by atoms with Crippen LogP contribution < -0.4 is 4.90 Å². The lowest BCUT2D eigenvalue weighted by molar-refractivity contribution is -0.877. The van der Waals surface area contributed by atoms with Crippen LogP contribution in [0.25, 0.3) is 0 Å². The second kappa shape index (κ2) is 5.46. The van der Waals surface area contributed by atoms with E-state index in [0.717, 1.165) is 26.1 Å². The van der Waals surface area contributed by atoms with E-state index in [2.05, 4.69) is 7.05 Å². The number of thiophene rings is 1. The van der Waals surface area contributed by atoms with Crippen LogP contribution in [0.1, 0.15) is 11.3 Å². The topological polar surface area (TPSA) is 24.8 Å². The van der Waals surface area contributed by atoms with Crippen molar-refractivity contribution in [2.45, 2.75) is 12.8 Å². The molecular weight excluding hydrogens is 220 g/mol. The van der Waals surface area contributed by atoms with Gasteiger partial charge in [0.2, 0.25) is 5.91 Å². The number of nitrogens with one attached hydrogen (secondary N) is 1. The van der Waals surface area contributed by atoms with Crippen LogP contribution in [0.5, 0.6) is 0 Å². The first kappa shape index (κ1) is 11.6. The number of amides is 1. The maximum absolute atomic E-state index is 12.0. The Morgan fingerprint density at radius 2 is 2.38 bits per heavy atom. The molecule has 0 bridgehead atoms. The first-order valence-corrected chi connectivity index (χ1v) is 6.75. The van der Waals surface area contributed by atoms with Crippen molar-refractivity contribution in [1.29, 1.82) is 0 Å². The number of quaternary nitrogens is 1. The van der Waals surface area contributed by atoms with E-state index < -0.39 is 0 Å². The molecule has 0 saturated carbocycles. The van der Waals surface area contributed by atoms with E-state index >= 15 is 0 Å². The molecule has 1 N–H and O–H groups in total. The average molecular weight is 239 g/mol. The third-order valence-corrected chi connectivity index (χ3v) is 3.97. The molecule has 0 aliphatic carbocycles. The van der Waals surface area contributed by atoms with E-state index in [1.165, 1.54) is 16.3 Å². The number of carbonyl (C=O) groups excluding carboxylic acids is 1. The number of likely N-dealkylation sites (N-methyl/N-ethyl adjacent to an activating group) is 1. The van der Waals surface area contributed by atoms with E-state index in [9.17, 15) is 4.79 Å². The van der Waals surface area contributed by atoms with Crippen LogP contribution in [0.15, 0.2) is 17.5 Å². The van der Waals surface area contributed by atoms with Gasteiger partial charge in [0.25, 0.3) is 0 Å². The van der Waals surface area contributed by atoms with Crippen molar-refractivity contribution in [2.75, 3.05) is 33.2 Å². The highest BCUT2D eigenvalue weighted by molar-refractivity contribution is 7.10. The zero-order chi connectivity index (χ0) is 11.4. The molecule has 1 atom stereocenters. The molecule has 0 aromatic carbocycles. The molecule has 1 aliphatic heterocycles. The zero-order valence-corrected chi connectivity index (χ0v) is 10.6. The molecule has 0 radical (unpaired) electrons. The normalized spacial score (nSPS) is 21.8. The second-order valence-corrected chi connectivity index (χ2v) is 5.48. The second-order valence-electron chi connectivity index (χ2n) is 4.45. The molecular formula is C12H19N2OS+. The van der Waals surface area contributed by atoms with Gasteiger partial charge in [0.05, 0.1) is 33.1 Å². The fourth-order valence-corrected chi connectivity index (χ4v) is 2.75. The van der Waals surface area contributed by atoms with Crippen molar-refractivity contribution in [3.05, 3.63) is 22.4 Å². The summed E-state index contributed by atoms with van der Waals surface area (Å²) in [6.45, 7) is 4.11. The number of hydrogen-bond donors (Lipinski definition) is 1. The molecule has 1 aliphatic rings. The molecule has 1 unspecified atom stereocenters. The molecule has 1 aromatic heterocycles. The molecule has 4 heteroatoms. The number of nitrogens with zero attached hydrogens (tertiary/aromatic N) is 1. The standard InChI is InChI=1S/C12H18N2OS/c1-13-5-3-6-14(8-7-13)12(15)10-11-4-2-9-16-11/h2,4,9H,3,5-8,10H2,1H3/p+1. The average Bonchev–Trinajstić information content (AvgIpc) is 2.66. The van der Waals surface area contributed by atoms with Crippen LogP contribution in [0.3, 0.4) is 0 Å². The van der Waals surface area contributed by atoms with Gasteiger partial charge in [0, 0.05) is 17.8 Å². The molecule has 2 rings (SSSR count). The predicted octanol–water partition coefficient (Wildman–Crippen LogP) is 0.0376. The van der Waals surface area contributed by atoms with Gasteiger partial charge in [-0.1, -0.05) is 6.07 Å². The van der Waals surface area contributed by atoms with Gasteiger partial charge >= 0.3 is 0 Å². The maximum Gasteiger partial charge on any atom is 0.228 e. The van der Waals surface area contributed by atoms with Gasteiger partial charge < -0.3 is 9.80 Å². The van der Waals surface area contributed by atoms with E-state index in [1.807, 2.05) is 22.4 Å².